The second kappa shape index (κ2) is 11.1. The first-order valence-corrected chi connectivity index (χ1v) is 15.1. The lowest BCUT2D eigenvalue weighted by molar-refractivity contribution is -0.128. The van der Waals surface area contributed by atoms with Gasteiger partial charge in [0.25, 0.3) is 0 Å². The van der Waals surface area contributed by atoms with Crippen molar-refractivity contribution in [3.8, 4) is 11.1 Å². The quantitative estimate of drug-likeness (QED) is 0.268. The molecule has 0 N–H and O–H groups in total. The third-order valence-corrected chi connectivity index (χ3v) is 9.24. The van der Waals surface area contributed by atoms with Gasteiger partial charge in [-0.1, -0.05) is 36.3 Å². The normalized spacial score (nSPS) is 19.5. The molecule has 2 aliphatic heterocycles. The molecule has 2 aromatic carbocycles. The second-order valence-electron chi connectivity index (χ2n) is 12.0. The first-order chi connectivity index (χ1) is 20.5. The number of fused-ring (bicyclic) bond motifs is 2. The highest BCUT2D eigenvalue weighted by molar-refractivity contribution is 6.35. The van der Waals surface area contributed by atoms with Crippen LogP contribution in [0.2, 0.25) is 5.02 Å². The zero-order valence-electron chi connectivity index (χ0n) is 25.5. The minimum absolute atomic E-state index is 0.0846. The maximum atomic E-state index is 17.0. The number of carbonyl (C=O) groups excluding carboxylic acids is 1. The molecule has 4 heterocycles. The summed E-state index contributed by atoms with van der Waals surface area (Å²) in [4.78, 5) is 30.6. The molecule has 2 aliphatic rings. The van der Waals surface area contributed by atoms with Crippen LogP contribution in [-0.4, -0.2) is 89.2 Å². The van der Waals surface area contributed by atoms with E-state index in [2.05, 4.69) is 26.4 Å². The average molecular weight is 606 g/mol. The van der Waals surface area contributed by atoms with E-state index >= 15 is 4.39 Å². The van der Waals surface area contributed by atoms with Gasteiger partial charge >= 0.3 is 0 Å². The molecule has 6 rings (SSSR count). The fraction of sp³-hybridized carbons (Fsp3) is 0.438. The Morgan fingerprint density at radius 1 is 1.16 bits per heavy atom. The first kappa shape index (κ1) is 29.3. The third kappa shape index (κ3) is 4.80. The van der Waals surface area contributed by atoms with E-state index in [9.17, 15) is 4.79 Å². The van der Waals surface area contributed by atoms with E-state index in [1.807, 2.05) is 58.8 Å². The van der Waals surface area contributed by atoms with Gasteiger partial charge in [0, 0.05) is 60.8 Å². The summed E-state index contributed by atoms with van der Waals surface area (Å²) in [7, 11) is 4.10. The van der Waals surface area contributed by atoms with Crippen molar-refractivity contribution in [1.82, 2.24) is 24.9 Å². The summed E-state index contributed by atoms with van der Waals surface area (Å²) in [6, 6.07) is 5.71. The average Bonchev–Trinajstić information content (AvgIpc) is 3.37. The third-order valence-electron chi connectivity index (χ3n) is 8.95. The Labute approximate surface area is 255 Å². The molecular formula is C32H37ClFN7O2. The molecule has 9 nitrogen and oxygen atoms in total. The lowest BCUT2D eigenvalue weighted by atomic mass is 9.93. The number of hydrogen-bond donors (Lipinski definition) is 0. The maximum Gasteiger partial charge on any atom is 0.246 e. The summed E-state index contributed by atoms with van der Waals surface area (Å²) in [6.45, 7) is 14.1. The Bertz CT molecular complexity index is 1750. The smallest absolute Gasteiger partial charge is 0.246 e. The van der Waals surface area contributed by atoms with Crippen LogP contribution in [0, 0.1) is 12.7 Å². The fourth-order valence-electron chi connectivity index (χ4n) is 6.31. The predicted molar refractivity (Wildman–Crippen MR) is 169 cm³/mol. The summed E-state index contributed by atoms with van der Waals surface area (Å²) in [5, 5.41) is 5.80. The Kier molecular flexibility index (Phi) is 7.54. The van der Waals surface area contributed by atoms with Gasteiger partial charge in [-0.05, 0) is 65.1 Å². The molecule has 0 spiro atoms. The molecule has 0 bridgehead atoms. The highest BCUT2D eigenvalue weighted by Gasteiger charge is 2.36. The number of aryl methyl sites for hydroxylation is 2. The molecule has 0 saturated carbocycles. The largest absolute Gasteiger partial charge is 0.356 e. The van der Waals surface area contributed by atoms with Crippen LogP contribution in [0.3, 0.4) is 0 Å². The van der Waals surface area contributed by atoms with E-state index in [0.29, 0.717) is 53.9 Å². The molecule has 43 heavy (non-hydrogen) atoms. The summed E-state index contributed by atoms with van der Waals surface area (Å²) in [6.07, 6.45) is 1.98. The molecule has 0 unspecified atom stereocenters. The van der Waals surface area contributed by atoms with E-state index in [1.165, 1.54) is 6.08 Å². The number of rotatable bonds is 6. The predicted octanol–water partition coefficient (Wildman–Crippen LogP) is 5.46. The minimum atomic E-state index is -0.503. The summed E-state index contributed by atoms with van der Waals surface area (Å²) in [5.74, 6) is 0.481. The molecule has 11 heteroatoms. The van der Waals surface area contributed by atoms with Gasteiger partial charge in [0.1, 0.15) is 11.3 Å². The number of likely N-dealkylation sites (N-methyl/N-ethyl adjacent to an activating group) is 1. The standard InChI is InChI=1S/C32H37ClFN7O2/c1-8-23-28-24(43-37-23)11-10-17(3)26(28)27-22(33)12-21-30(29(27)34)35-32(39-15-20(16-39)38(6)7)36-31(21)41-14-18(4)40(13-19(41)5)25(42)9-2/h9-12,18-20H,2,8,13-16H2,1,3-7H3/t18-,19+/m1/s1. The van der Waals surface area contributed by atoms with E-state index in [0.717, 1.165) is 29.7 Å². The van der Waals surface area contributed by atoms with Gasteiger partial charge in [0.2, 0.25) is 11.9 Å². The van der Waals surface area contributed by atoms with Crippen molar-refractivity contribution in [1.29, 1.82) is 0 Å². The summed E-state index contributed by atoms with van der Waals surface area (Å²) < 4.78 is 22.6. The van der Waals surface area contributed by atoms with Crippen LogP contribution >= 0.6 is 11.6 Å². The number of benzene rings is 2. The molecule has 0 radical (unpaired) electrons. The number of carbonyl (C=O) groups is 1. The second-order valence-corrected chi connectivity index (χ2v) is 12.4. The molecule has 226 valence electrons. The molecule has 1 amide bonds. The van der Waals surface area contributed by atoms with Crippen molar-refractivity contribution >= 4 is 51.1 Å². The van der Waals surface area contributed by atoms with Gasteiger partial charge in [-0.15, -0.1) is 0 Å². The van der Waals surface area contributed by atoms with E-state index in [1.54, 1.807) is 6.07 Å². The first-order valence-electron chi connectivity index (χ1n) is 14.7. The van der Waals surface area contributed by atoms with Crippen LogP contribution < -0.4 is 9.80 Å². The van der Waals surface area contributed by atoms with Crippen molar-refractivity contribution in [2.24, 2.45) is 0 Å². The van der Waals surface area contributed by atoms with Crippen molar-refractivity contribution in [2.45, 2.75) is 52.2 Å². The molecule has 2 fully saturated rings. The number of aromatic nitrogens is 3. The van der Waals surface area contributed by atoms with Gasteiger partial charge in [-0.2, -0.15) is 4.98 Å². The fourth-order valence-corrected chi connectivity index (χ4v) is 6.60. The molecular weight excluding hydrogens is 569 g/mol. The van der Waals surface area contributed by atoms with Gasteiger partial charge in [-0.25, -0.2) is 9.37 Å². The van der Waals surface area contributed by atoms with Crippen molar-refractivity contribution in [2.75, 3.05) is 50.1 Å². The van der Waals surface area contributed by atoms with Crippen LogP contribution in [0.25, 0.3) is 33.0 Å². The Morgan fingerprint density at radius 2 is 1.91 bits per heavy atom. The molecule has 4 aromatic rings. The lowest BCUT2D eigenvalue weighted by Crippen LogP contribution is -2.59. The van der Waals surface area contributed by atoms with Crippen molar-refractivity contribution in [3.05, 3.63) is 53.0 Å². The number of piperazine rings is 1. The Balaban J connectivity index is 1.56. The lowest BCUT2D eigenvalue weighted by Gasteiger charge is -2.45. The number of amides is 1. The minimum Gasteiger partial charge on any atom is -0.356 e. The van der Waals surface area contributed by atoms with Crippen LogP contribution in [-0.2, 0) is 11.2 Å². The van der Waals surface area contributed by atoms with Gasteiger partial charge < -0.3 is 24.1 Å². The summed E-state index contributed by atoms with van der Waals surface area (Å²) in [5.41, 5.74) is 3.35. The molecule has 0 aliphatic carbocycles. The van der Waals surface area contributed by atoms with Gasteiger partial charge in [-0.3, -0.25) is 4.79 Å². The van der Waals surface area contributed by atoms with E-state index < -0.39 is 5.82 Å². The van der Waals surface area contributed by atoms with Crippen LogP contribution in [0.5, 0.6) is 0 Å². The topological polar surface area (TPSA) is 81.8 Å². The number of nitrogens with zero attached hydrogens (tertiary/aromatic N) is 7. The zero-order chi connectivity index (χ0) is 30.7. The SMILES string of the molecule is C=CC(=O)N1C[C@H](C)N(c2nc(N3CC(N(C)C)C3)nc3c(F)c(-c4c(C)ccc5onc(CC)c45)c(Cl)cc23)C[C@H]1C. The molecule has 2 saturated heterocycles. The number of anilines is 2. The Morgan fingerprint density at radius 3 is 2.58 bits per heavy atom. The molecule has 2 aromatic heterocycles. The highest BCUT2D eigenvalue weighted by atomic mass is 35.5. The number of halogens is 2. The zero-order valence-corrected chi connectivity index (χ0v) is 26.2. The van der Waals surface area contributed by atoms with E-state index in [4.69, 9.17) is 26.1 Å². The van der Waals surface area contributed by atoms with Crippen molar-refractivity contribution < 1.29 is 13.7 Å². The Hall–Kier alpha value is -3.76. The van der Waals surface area contributed by atoms with E-state index in [-0.39, 0.29) is 34.1 Å². The van der Waals surface area contributed by atoms with Crippen LogP contribution in [0.1, 0.15) is 32.0 Å². The van der Waals surface area contributed by atoms with Crippen molar-refractivity contribution in [3.63, 3.8) is 0 Å². The van der Waals surface area contributed by atoms with Gasteiger partial charge in [0.05, 0.1) is 16.1 Å². The maximum absolute atomic E-state index is 17.0. The van der Waals surface area contributed by atoms with Crippen LogP contribution in [0.15, 0.2) is 35.4 Å². The van der Waals surface area contributed by atoms with Crippen LogP contribution in [0.4, 0.5) is 16.2 Å². The molecule has 2 atom stereocenters. The monoisotopic (exact) mass is 605 g/mol. The number of hydrogen-bond acceptors (Lipinski definition) is 8. The highest BCUT2D eigenvalue weighted by Crippen LogP contribution is 2.44. The summed E-state index contributed by atoms with van der Waals surface area (Å²) >= 11 is 6.99. The van der Waals surface area contributed by atoms with Gasteiger partial charge in [0.15, 0.2) is 11.4 Å².